The summed E-state index contributed by atoms with van der Waals surface area (Å²) in [5, 5.41) is 3.53. The fourth-order valence-corrected chi connectivity index (χ4v) is 2.28. The van der Waals surface area contributed by atoms with Gasteiger partial charge >= 0.3 is 0 Å². The number of nitrogens with zero attached hydrogens (tertiary/aromatic N) is 1. The first-order chi connectivity index (χ1) is 8.24. The van der Waals surface area contributed by atoms with Crippen LogP contribution in [0.4, 0.5) is 0 Å². The summed E-state index contributed by atoms with van der Waals surface area (Å²) < 4.78 is 1.98. The van der Waals surface area contributed by atoms with E-state index in [1.165, 1.54) is 0 Å². The van der Waals surface area contributed by atoms with Gasteiger partial charge in [-0.3, -0.25) is 4.79 Å². The second-order valence-electron chi connectivity index (χ2n) is 4.07. The van der Waals surface area contributed by atoms with Crippen molar-refractivity contribution in [2.45, 2.75) is 6.54 Å². The Morgan fingerprint density at radius 3 is 2.88 bits per heavy atom. The third-order valence-electron chi connectivity index (χ3n) is 2.93. The topological polar surface area (TPSA) is 34.0 Å². The Bertz CT molecular complexity index is 589. The summed E-state index contributed by atoms with van der Waals surface area (Å²) in [6, 6.07) is 9.55. The van der Waals surface area contributed by atoms with Crippen molar-refractivity contribution in [3.63, 3.8) is 0 Å². The van der Waals surface area contributed by atoms with Crippen LogP contribution in [0.1, 0.15) is 10.5 Å². The van der Waals surface area contributed by atoms with Crippen molar-refractivity contribution in [2.75, 3.05) is 6.54 Å². The number of rotatable bonds is 1. The predicted octanol–water partition coefficient (Wildman–Crippen LogP) is 2.55. The first kappa shape index (κ1) is 10.4. The van der Waals surface area contributed by atoms with Crippen LogP contribution in [-0.4, -0.2) is 17.0 Å². The highest BCUT2D eigenvalue weighted by Crippen LogP contribution is 2.25. The molecule has 0 unspecified atom stereocenters. The maximum atomic E-state index is 11.6. The fourth-order valence-electron chi connectivity index (χ4n) is 2.09. The van der Waals surface area contributed by atoms with E-state index in [1.54, 1.807) is 0 Å². The minimum Gasteiger partial charge on any atom is -0.349 e. The van der Waals surface area contributed by atoms with Gasteiger partial charge in [0.05, 0.1) is 0 Å². The monoisotopic (exact) mass is 246 g/mol. The zero-order valence-electron chi connectivity index (χ0n) is 9.11. The molecule has 86 valence electrons. The number of carbonyl (C=O) groups is 1. The molecule has 1 aromatic carbocycles. The lowest BCUT2D eigenvalue weighted by Gasteiger charge is -2.14. The van der Waals surface area contributed by atoms with E-state index in [1.807, 2.05) is 41.1 Å². The molecule has 3 rings (SSSR count). The number of amides is 1. The molecule has 4 heteroatoms. The first-order valence-corrected chi connectivity index (χ1v) is 5.86. The van der Waals surface area contributed by atoms with E-state index < -0.39 is 0 Å². The van der Waals surface area contributed by atoms with Crippen LogP contribution in [-0.2, 0) is 6.54 Å². The Kier molecular flexibility index (Phi) is 2.41. The van der Waals surface area contributed by atoms with E-state index in [-0.39, 0.29) is 5.91 Å². The van der Waals surface area contributed by atoms with Crippen molar-refractivity contribution in [3.8, 4) is 11.1 Å². The van der Waals surface area contributed by atoms with Gasteiger partial charge in [-0.2, -0.15) is 0 Å². The van der Waals surface area contributed by atoms with Gasteiger partial charge in [0.2, 0.25) is 0 Å². The minimum atomic E-state index is -0.00970. The van der Waals surface area contributed by atoms with Crippen molar-refractivity contribution in [3.05, 3.63) is 47.2 Å². The average molecular weight is 247 g/mol. The largest absolute Gasteiger partial charge is 0.349 e. The highest BCUT2D eigenvalue weighted by Gasteiger charge is 2.17. The standard InChI is InChI=1S/C13H11ClN2O/c14-11-3-1-2-9(6-11)10-7-12-13(17)15-4-5-16(12)8-10/h1-3,6-8H,4-5H2,(H,15,17). The number of hydrogen-bond donors (Lipinski definition) is 1. The number of benzene rings is 1. The molecular weight excluding hydrogens is 236 g/mol. The molecule has 17 heavy (non-hydrogen) atoms. The molecule has 3 nitrogen and oxygen atoms in total. The number of carbonyl (C=O) groups excluding carboxylic acids is 1. The van der Waals surface area contributed by atoms with E-state index in [0.29, 0.717) is 17.3 Å². The smallest absolute Gasteiger partial charge is 0.267 e. The summed E-state index contributed by atoms with van der Waals surface area (Å²) in [6.45, 7) is 1.51. The Morgan fingerprint density at radius 1 is 1.24 bits per heavy atom. The summed E-state index contributed by atoms with van der Waals surface area (Å²) in [4.78, 5) is 11.6. The van der Waals surface area contributed by atoms with Gasteiger partial charge in [0.1, 0.15) is 5.69 Å². The summed E-state index contributed by atoms with van der Waals surface area (Å²) in [7, 11) is 0. The minimum absolute atomic E-state index is 0.00970. The van der Waals surface area contributed by atoms with Crippen molar-refractivity contribution in [1.82, 2.24) is 9.88 Å². The summed E-state index contributed by atoms with van der Waals surface area (Å²) in [5.74, 6) is -0.00970. The highest BCUT2D eigenvalue weighted by molar-refractivity contribution is 6.30. The molecule has 0 spiro atoms. The van der Waals surface area contributed by atoms with Gasteiger partial charge in [0.15, 0.2) is 0 Å². The quantitative estimate of drug-likeness (QED) is 0.825. The summed E-state index contributed by atoms with van der Waals surface area (Å²) in [6.07, 6.45) is 2.00. The SMILES string of the molecule is O=C1NCCn2cc(-c3cccc(Cl)c3)cc21. The van der Waals surface area contributed by atoms with Crippen LogP contribution in [0.3, 0.4) is 0 Å². The second-order valence-corrected chi connectivity index (χ2v) is 4.51. The predicted molar refractivity (Wildman–Crippen MR) is 67.2 cm³/mol. The fraction of sp³-hybridized carbons (Fsp3) is 0.154. The third kappa shape index (κ3) is 1.83. The lowest BCUT2D eigenvalue weighted by molar-refractivity contribution is 0.0928. The molecule has 0 atom stereocenters. The maximum Gasteiger partial charge on any atom is 0.267 e. The molecule has 1 amide bonds. The number of nitrogens with one attached hydrogen (secondary N) is 1. The second kappa shape index (κ2) is 3.93. The van der Waals surface area contributed by atoms with Crippen molar-refractivity contribution >= 4 is 17.5 Å². The van der Waals surface area contributed by atoms with Gasteiger partial charge in [-0.1, -0.05) is 23.7 Å². The normalized spacial score (nSPS) is 14.3. The van der Waals surface area contributed by atoms with Gasteiger partial charge in [-0.25, -0.2) is 0 Å². The zero-order chi connectivity index (χ0) is 11.8. The van der Waals surface area contributed by atoms with Gasteiger partial charge in [-0.15, -0.1) is 0 Å². The zero-order valence-corrected chi connectivity index (χ0v) is 9.87. The molecule has 0 bridgehead atoms. The molecular formula is C13H11ClN2O. The van der Waals surface area contributed by atoms with Gasteiger partial charge in [-0.05, 0) is 23.8 Å². The van der Waals surface area contributed by atoms with Crippen molar-refractivity contribution < 1.29 is 4.79 Å². The van der Waals surface area contributed by atoms with Crippen molar-refractivity contribution in [1.29, 1.82) is 0 Å². The molecule has 1 aliphatic rings. The molecule has 0 saturated heterocycles. The summed E-state index contributed by atoms with van der Waals surface area (Å²) in [5.41, 5.74) is 2.78. The van der Waals surface area contributed by atoms with Crippen LogP contribution >= 0.6 is 11.6 Å². The molecule has 1 aromatic heterocycles. The lowest BCUT2D eigenvalue weighted by Crippen LogP contribution is -2.34. The van der Waals surface area contributed by atoms with Crippen molar-refractivity contribution in [2.24, 2.45) is 0 Å². The molecule has 0 saturated carbocycles. The average Bonchev–Trinajstić information content (AvgIpc) is 2.74. The maximum absolute atomic E-state index is 11.6. The molecule has 1 aliphatic heterocycles. The Labute approximate surface area is 104 Å². The molecule has 0 fully saturated rings. The highest BCUT2D eigenvalue weighted by atomic mass is 35.5. The van der Waals surface area contributed by atoms with E-state index >= 15 is 0 Å². The van der Waals surface area contributed by atoms with Crippen LogP contribution in [0.5, 0.6) is 0 Å². The third-order valence-corrected chi connectivity index (χ3v) is 3.16. The molecule has 2 heterocycles. The molecule has 0 radical (unpaired) electrons. The van der Waals surface area contributed by atoms with Gasteiger partial charge in [0.25, 0.3) is 5.91 Å². The van der Waals surface area contributed by atoms with Crippen LogP contribution in [0.15, 0.2) is 36.5 Å². The van der Waals surface area contributed by atoms with E-state index in [2.05, 4.69) is 5.32 Å². The molecule has 0 aliphatic carbocycles. The van der Waals surface area contributed by atoms with Crippen LogP contribution in [0, 0.1) is 0 Å². The van der Waals surface area contributed by atoms with E-state index in [9.17, 15) is 4.79 Å². The Balaban J connectivity index is 2.08. The lowest BCUT2D eigenvalue weighted by atomic mass is 10.1. The van der Waals surface area contributed by atoms with E-state index in [4.69, 9.17) is 11.6 Å². The Hall–Kier alpha value is -1.74. The molecule has 1 N–H and O–H groups in total. The van der Waals surface area contributed by atoms with Crippen LogP contribution in [0.25, 0.3) is 11.1 Å². The van der Waals surface area contributed by atoms with Gasteiger partial charge in [0, 0.05) is 29.9 Å². The molecule has 2 aromatic rings. The number of halogens is 1. The first-order valence-electron chi connectivity index (χ1n) is 5.48. The van der Waals surface area contributed by atoms with Gasteiger partial charge < -0.3 is 9.88 Å². The van der Waals surface area contributed by atoms with Crippen LogP contribution in [0.2, 0.25) is 5.02 Å². The number of hydrogen-bond acceptors (Lipinski definition) is 1. The number of aromatic nitrogens is 1. The van der Waals surface area contributed by atoms with Crippen LogP contribution < -0.4 is 5.32 Å². The Morgan fingerprint density at radius 2 is 2.12 bits per heavy atom. The van der Waals surface area contributed by atoms with E-state index in [0.717, 1.165) is 17.7 Å². The number of fused-ring (bicyclic) bond motifs is 1. The summed E-state index contributed by atoms with van der Waals surface area (Å²) >= 11 is 5.96.